The van der Waals surface area contributed by atoms with Crippen LogP contribution >= 0.6 is 0 Å². The van der Waals surface area contributed by atoms with E-state index in [0.29, 0.717) is 16.2 Å². The van der Waals surface area contributed by atoms with Gasteiger partial charge in [-0.05, 0) is 35.0 Å². The Balaban J connectivity index is 3.07. The Morgan fingerprint density at radius 2 is 1.31 bits per heavy atom. The summed E-state index contributed by atoms with van der Waals surface area (Å²) in [5, 5.41) is 0. The third-order valence-corrected chi connectivity index (χ3v) is 5.66. The monoisotopic (exact) mass is 182 g/mol. The van der Waals surface area contributed by atoms with Crippen molar-refractivity contribution in [1.82, 2.24) is 0 Å². The van der Waals surface area contributed by atoms with E-state index in [-0.39, 0.29) is 0 Å². The Bertz CT molecular complexity index is 195. The van der Waals surface area contributed by atoms with Crippen molar-refractivity contribution in [2.75, 3.05) is 0 Å². The molecular weight excluding hydrogens is 156 g/mol. The van der Waals surface area contributed by atoms with E-state index in [4.69, 9.17) is 0 Å². The van der Waals surface area contributed by atoms with E-state index in [1.165, 1.54) is 12.8 Å². The molecule has 0 spiro atoms. The first-order valence-electron chi connectivity index (χ1n) is 5.65. The van der Waals surface area contributed by atoms with Gasteiger partial charge in [-0.1, -0.05) is 48.5 Å². The number of rotatable bonds is 1. The lowest BCUT2D eigenvalue weighted by Gasteiger charge is -2.48. The summed E-state index contributed by atoms with van der Waals surface area (Å²) < 4.78 is 0. The normalized spacial score (nSPS) is 36.9. The fourth-order valence-electron chi connectivity index (χ4n) is 2.98. The van der Waals surface area contributed by atoms with Crippen molar-refractivity contribution in [1.29, 1.82) is 0 Å². The molecule has 0 bridgehead atoms. The Kier molecular flexibility index (Phi) is 2.34. The zero-order valence-electron chi connectivity index (χ0n) is 10.5. The van der Waals surface area contributed by atoms with Gasteiger partial charge >= 0.3 is 0 Å². The van der Waals surface area contributed by atoms with E-state index in [2.05, 4.69) is 48.5 Å². The first-order chi connectivity index (χ1) is 5.65. The molecule has 0 saturated heterocycles. The van der Waals surface area contributed by atoms with Crippen molar-refractivity contribution in [3.8, 4) is 0 Å². The van der Waals surface area contributed by atoms with Crippen molar-refractivity contribution in [3.05, 3.63) is 0 Å². The van der Waals surface area contributed by atoms with Crippen LogP contribution < -0.4 is 0 Å². The van der Waals surface area contributed by atoms with Crippen LogP contribution in [0.25, 0.3) is 0 Å². The van der Waals surface area contributed by atoms with Crippen LogP contribution in [0.15, 0.2) is 0 Å². The lowest BCUT2D eigenvalue weighted by molar-refractivity contribution is 0.00340. The molecule has 0 aromatic heterocycles. The highest BCUT2D eigenvalue weighted by molar-refractivity contribution is 5.05. The van der Waals surface area contributed by atoms with Gasteiger partial charge in [-0.2, -0.15) is 0 Å². The molecule has 78 valence electrons. The molecule has 1 aliphatic rings. The van der Waals surface area contributed by atoms with Crippen LogP contribution in [0, 0.1) is 22.2 Å². The van der Waals surface area contributed by atoms with Crippen LogP contribution in [0.5, 0.6) is 0 Å². The summed E-state index contributed by atoms with van der Waals surface area (Å²) >= 11 is 0. The van der Waals surface area contributed by atoms with Crippen molar-refractivity contribution in [2.45, 2.75) is 61.3 Å². The minimum Gasteiger partial charge on any atom is -0.0622 e. The first kappa shape index (κ1) is 11.1. The molecule has 1 aliphatic carbocycles. The summed E-state index contributed by atoms with van der Waals surface area (Å²) in [6.45, 7) is 17.0. The molecule has 1 unspecified atom stereocenters. The lowest BCUT2D eigenvalue weighted by atomic mass is 9.56. The van der Waals surface area contributed by atoms with E-state index in [9.17, 15) is 0 Å². The quantitative estimate of drug-likeness (QED) is 0.560. The second kappa shape index (κ2) is 2.74. The topological polar surface area (TPSA) is 0 Å². The molecule has 13 heavy (non-hydrogen) atoms. The van der Waals surface area contributed by atoms with Gasteiger partial charge < -0.3 is 0 Å². The van der Waals surface area contributed by atoms with Gasteiger partial charge in [-0.3, -0.25) is 0 Å². The van der Waals surface area contributed by atoms with Crippen molar-refractivity contribution >= 4 is 0 Å². The molecule has 0 N–H and O–H groups in total. The van der Waals surface area contributed by atoms with Crippen LogP contribution in [0.2, 0.25) is 0 Å². The molecule has 0 amide bonds. The smallest absolute Gasteiger partial charge is 0.0246 e. The highest BCUT2D eigenvalue weighted by Crippen LogP contribution is 2.64. The minimum atomic E-state index is 0.466. The number of hydrogen-bond donors (Lipinski definition) is 0. The largest absolute Gasteiger partial charge is 0.0622 e. The molecule has 0 aromatic carbocycles. The average Bonchev–Trinajstić information content (AvgIpc) is 2.12. The van der Waals surface area contributed by atoms with Gasteiger partial charge in [0.2, 0.25) is 0 Å². The maximum atomic E-state index is 2.48. The van der Waals surface area contributed by atoms with Gasteiger partial charge in [0.1, 0.15) is 0 Å². The summed E-state index contributed by atoms with van der Waals surface area (Å²) in [5.74, 6) is 0.796. The second-order valence-corrected chi connectivity index (χ2v) is 6.58. The zero-order valence-corrected chi connectivity index (χ0v) is 10.5. The van der Waals surface area contributed by atoms with E-state index < -0.39 is 0 Å². The van der Waals surface area contributed by atoms with Crippen LogP contribution in [0.3, 0.4) is 0 Å². The SMILES string of the molecule is CC(C)C1(C)CCC(C)(C)C1(C)C. The minimum absolute atomic E-state index is 0.466. The average molecular weight is 182 g/mol. The summed E-state index contributed by atoms with van der Waals surface area (Å²) in [4.78, 5) is 0. The van der Waals surface area contributed by atoms with Gasteiger partial charge in [-0.25, -0.2) is 0 Å². The Hall–Kier alpha value is 0. The summed E-state index contributed by atoms with van der Waals surface area (Å²) in [7, 11) is 0. The second-order valence-electron chi connectivity index (χ2n) is 6.58. The number of hydrogen-bond acceptors (Lipinski definition) is 0. The van der Waals surface area contributed by atoms with E-state index in [1.54, 1.807) is 0 Å². The molecular formula is C13H26. The van der Waals surface area contributed by atoms with Crippen LogP contribution in [0.4, 0.5) is 0 Å². The lowest BCUT2D eigenvalue weighted by Crippen LogP contribution is -2.41. The summed E-state index contributed by atoms with van der Waals surface area (Å²) in [6, 6.07) is 0. The van der Waals surface area contributed by atoms with Gasteiger partial charge in [0.15, 0.2) is 0 Å². The van der Waals surface area contributed by atoms with Gasteiger partial charge in [0, 0.05) is 0 Å². The summed E-state index contributed by atoms with van der Waals surface area (Å²) in [6.07, 6.45) is 2.78. The molecule has 1 fully saturated rings. The maximum Gasteiger partial charge on any atom is -0.0246 e. The molecule has 0 heterocycles. The van der Waals surface area contributed by atoms with Crippen LogP contribution in [-0.2, 0) is 0 Å². The van der Waals surface area contributed by atoms with Crippen molar-refractivity contribution in [3.63, 3.8) is 0 Å². The molecule has 1 saturated carbocycles. The molecule has 0 nitrogen and oxygen atoms in total. The summed E-state index contributed by atoms with van der Waals surface area (Å²) in [5.41, 5.74) is 1.50. The van der Waals surface area contributed by atoms with Crippen molar-refractivity contribution < 1.29 is 0 Å². The molecule has 0 aromatic rings. The fraction of sp³-hybridized carbons (Fsp3) is 1.00. The van der Waals surface area contributed by atoms with E-state index >= 15 is 0 Å². The molecule has 1 rings (SSSR count). The van der Waals surface area contributed by atoms with E-state index in [1.807, 2.05) is 0 Å². The third-order valence-electron chi connectivity index (χ3n) is 5.66. The molecule has 1 atom stereocenters. The third kappa shape index (κ3) is 1.25. The predicted molar refractivity (Wildman–Crippen MR) is 59.7 cm³/mol. The van der Waals surface area contributed by atoms with Crippen LogP contribution in [0.1, 0.15) is 61.3 Å². The first-order valence-corrected chi connectivity index (χ1v) is 5.65. The van der Waals surface area contributed by atoms with E-state index in [0.717, 1.165) is 5.92 Å². The van der Waals surface area contributed by atoms with Gasteiger partial charge in [0.05, 0.1) is 0 Å². The van der Waals surface area contributed by atoms with Gasteiger partial charge in [0.25, 0.3) is 0 Å². The standard InChI is InChI=1S/C13H26/c1-10(2)13(7)9-8-11(3,4)12(13,5)6/h10H,8-9H2,1-7H3. The maximum absolute atomic E-state index is 2.48. The molecule has 0 aliphatic heterocycles. The van der Waals surface area contributed by atoms with Crippen LogP contribution in [-0.4, -0.2) is 0 Å². The Morgan fingerprint density at radius 1 is 0.846 bits per heavy atom. The Morgan fingerprint density at radius 3 is 1.46 bits per heavy atom. The highest BCUT2D eigenvalue weighted by atomic mass is 14.6. The highest BCUT2D eigenvalue weighted by Gasteiger charge is 2.56. The Labute approximate surface area is 84.1 Å². The molecule has 0 heteroatoms. The predicted octanol–water partition coefficient (Wildman–Crippen LogP) is 4.49. The zero-order chi connectivity index (χ0) is 10.5. The van der Waals surface area contributed by atoms with Gasteiger partial charge in [-0.15, -0.1) is 0 Å². The fourth-order valence-corrected chi connectivity index (χ4v) is 2.98. The van der Waals surface area contributed by atoms with Crippen molar-refractivity contribution in [2.24, 2.45) is 22.2 Å². The molecule has 0 radical (unpaired) electrons.